The number of aryl methyl sites for hydroxylation is 1. The van der Waals surface area contributed by atoms with E-state index in [2.05, 4.69) is 4.90 Å². The van der Waals surface area contributed by atoms with E-state index in [1.54, 1.807) is 13.0 Å². The van der Waals surface area contributed by atoms with Crippen LogP contribution in [-0.2, 0) is 4.79 Å². The quantitative estimate of drug-likeness (QED) is 0.862. The average molecular weight is 262 g/mol. The molecule has 0 saturated carbocycles. The van der Waals surface area contributed by atoms with E-state index in [0.29, 0.717) is 5.56 Å². The molecule has 5 nitrogen and oxygen atoms in total. The van der Waals surface area contributed by atoms with E-state index in [4.69, 9.17) is 10.8 Å². The van der Waals surface area contributed by atoms with Crippen molar-refractivity contribution in [2.24, 2.45) is 11.7 Å². The van der Waals surface area contributed by atoms with Gasteiger partial charge in [-0.05, 0) is 43.5 Å². The minimum absolute atomic E-state index is 0.0318. The second-order valence-electron chi connectivity index (χ2n) is 4.97. The predicted octanol–water partition coefficient (Wildman–Crippen LogP) is 1.39. The third-order valence-corrected chi connectivity index (χ3v) is 3.70. The summed E-state index contributed by atoms with van der Waals surface area (Å²) in [5.74, 6) is -1.16. The fraction of sp³-hybridized carbons (Fsp3) is 0.429. The number of carboxylic acid groups (broad SMARTS) is 1. The van der Waals surface area contributed by atoms with Crippen LogP contribution in [0.2, 0.25) is 0 Å². The van der Waals surface area contributed by atoms with Crippen molar-refractivity contribution >= 4 is 17.6 Å². The first-order valence-corrected chi connectivity index (χ1v) is 6.37. The number of nitrogens with zero attached hydrogens (tertiary/aromatic N) is 1. The van der Waals surface area contributed by atoms with E-state index in [-0.39, 0.29) is 11.8 Å². The lowest BCUT2D eigenvalue weighted by Gasteiger charge is -2.32. The third kappa shape index (κ3) is 2.86. The zero-order valence-corrected chi connectivity index (χ0v) is 10.9. The molecule has 1 heterocycles. The number of aromatic carboxylic acids is 1. The van der Waals surface area contributed by atoms with Crippen LogP contribution in [0, 0.1) is 12.8 Å². The number of anilines is 1. The van der Waals surface area contributed by atoms with Crippen molar-refractivity contribution in [2.75, 3.05) is 18.0 Å². The molecule has 1 aliphatic rings. The van der Waals surface area contributed by atoms with Crippen LogP contribution in [0.15, 0.2) is 18.2 Å². The third-order valence-electron chi connectivity index (χ3n) is 3.70. The normalized spacial score (nSPS) is 16.4. The second-order valence-corrected chi connectivity index (χ2v) is 4.97. The maximum Gasteiger partial charge on any atom is 0.335 e. The minimum atomic E-state index is -0.906. The summed E-state index contributed by atoms with van der Waals surface area (Å²) in [6.07, 6.45) is 1.52. The van der Waals surface area contributed by atoms with Crippen molar-refractivity contribution in [3.05, 3.63) is 29.3 Å². The highest BCUT2D eigenvalue weighted by Crippen LogP contribution is 2.25. The average Bonchev–Trinajstić information content (AvgIpc) is 2.38. The number of hydrogen-bond donors (Lipinski definition) is 2. The number of benzene rings is 1. The Morgan fingerprint density at radius 1 is 1.32 bits per heavy atom. The molecular weight excluding hydrogens is 244 g/mol. The zero-order valence-electron chi connectivity index (χ0n) is 10.9. The predicted molar refractivity (Wildman–Crippen MR) is 72.3 cm³/mol. The van der Waals surface area contributed by atoms with Gasteiger partial charge in [-0.1, -0.05) is 0 Å². The van der Waals surface area contributed by atoms with E-state index >= 15 is 0 Å². The van der Waals surface area contributed by atoms with E-state index in [1.807, 2.05) is 12.1 Å². The second kappa shape index (κ2) is 5.30. The Hall–Kier alpha value is -2.04. The van der Waals surface area contributed by atoms with Gasteiger partial charge in [0.05, 0.1) is 5.56 Å². The number of primary amides is 1. The molecule has 0 spiro atoms. The van der Waals surface area contributed by atoms with Crippen molar-refractivity contribution in [3.8, 4) is 0 Å². The highest BCUT2D eigenvalue weighted by molar-refractivity contribution is 5.90. The summed E-state index contributed by atoms with van der Waals surface area (Å²) in [7, 11) is 0. The molecule has 1 fully saturated rings. The molecule has 1 aromatic rings. The van der Waals surface area contributed by atoms with Gasteiger partial charge in [-0.2, -0.15) is 0 Å². The molecule has 5 heteroatoms. The standard InChI is InChI=1S/C14H18N2O3/c1-9-8-11(2-3-12(9)14(18)19)16-6-4-10(5-7-16)13(15)17/h2-3,8,10H,4-7H2,1H3,(H2,15,17)(H,18,19). The van der Waals surface area contributed by atoms with Gasteiger partial charge in [-0.3, -0.25) is 4.79 Å². The number of carbonyl (C=O) groups is 2. The van der Waals surface area contributed by atoms with Crippen molar-refractivity contribution in [1.29, 1.82) is 0 Å². The summed E-state index contributed by atoms with van der Waals surface area (Å²) in [5.41, 5.74) is 7.39. The smallest absolute Gasteiger partial charge is 0.335 e. The molecule has 1 aromatic carbocycles. The van der Waals surface area contributed by atoms with Gasteiger partial charge >= 0.3 is 5.97 Å². The SMILES string of the molecule is Cc1cc(N2CCC(C(N)=O)CC2)ccc1C(=O)O. The fourth-order valence-electron chi connectivity index (χ4n) is 2.51. The lowest BCUT2D eigenvalue weighted by atomic mass is 9.95. The molecule has 0 radical (unpaired) electrons. The maximum absolute atomic E-state index is 11.1. The Labute approximate surface area is 112 Å². The topological polar surface area (TPSA) is 83.6 Å². The van der Waals surface area contributed by atoms with Crippen LogP contribution in [0.25, 0.3) is 0 Å². The highest BCUT2D eigenvalue weighted by atomic mass is 16.4. The maximum atomic E-state index is 11.1. The first kappa shape index (κ1) is 13.4. The van der Waals surface area contributed by atoms with Crippen LogP contribution < -0.4 is 10.6 Å². The molecule has 3 N–H and O–H groups in total. The molecule has 19 heavy (non-hydrogen) atoms. The summed E-state index contributed by atoms with van der Waals surface area (Å²) >= 11 is 0. The van der Waals surface area contributed by atoms with Crippen molar-refractivity contribution in [1.82, 2.24) is 0 Å². The number of amides is 1. The summed E-state index contributed by atoms with van der Waals surface area (Å²) in [6.45, 7) is 3.35. The van der Waals surface area contributed by atoms with E-state index in [9.17, 15) is 9.59 Å². The Balaban J connectivity index is 2.10. The van der Waals surface area contributed by atoms with Crippen molar-refractivity contribution < 1.29 is 14.7 Å². The summed E-state index contributed by atoms with van der Waals surface area (Å²) < 4.78 is 0. The van der Waals surface area contributed by atoms with Gasteiger partial charge in [0.15, 0.2) is 0 Å². The van der Waals surface area contributed by atoms with E-state index in [0.717, 1.165) is 37.2 Å². The lowest BCUT2D eigenvalue weighted by Crippen LogP contribution is -2.38. The van der Waals surface area contributed by atoms with Crippen LogP contribution in [0.1, 0.15) is 28.8 Å². The van der Waals surface area contributed by atoms with Gasteiger partial charge in [0.2, 0.25) is 5.91 Å². The number of nitrogens with two attached hydrogens (primary N) is 1. The Bertz CT molecular complexity index is 505. The molecule has 1 saturated heterocycles. The minimum Gasteiger partial charge on any atom is -0.478 e. The molecule has 0 aliphatic carbocycles. The molecule has 102 valence electrons. The zero-order chi connectivity index (χ0) is 14.0. The molecule has 1 amide bonds. The van der Waals surface area contributed by atoms with Crippen LogP contribution >= 0.6 is 0 Å². The molecule has 0 unspecified atom stereocenters. The van der Waals surface area contributed by atoms with Gasteiger partial charge in [0.1, 0.15) is 0 Å². The highest BCUT2D eigenvalue weighted by Gasteiger charge is 2.23. The fourth-order valence-corrected chi connectivity index (χ4v) is 2.51. The Kier molecular flexibility index (Phi) is 3.74. The van der Waals surface area contributed by atoms with E-state index < -0.39 is 5.97 Å². The molecule has 2 rings (SSSR count). The van der Waals surface area contributed by atoms with Crippen LogP contribution in [0.4, 0.5) is 5.69 Å². The summed E-state index contributed by atoms with van der Waals surface area (Å²) in [4.78, 5) is 24.2. The molecule has 0 atom stereocenters. The van der Waals surface area contributed by atoms with E-state index in [1.165, 1.54) is 0 Å². The Morgan fingerprint density at radius 3 is 2.42 bits per heavy atom. The van der Waals surface area contributed by atoms with Crippen molar-refractivity contribution in [2.45, 2.75) is 19.8 Å². The number of piperidine rings is 1. The molecule has 0 aromatic heterocycles. The van der Waals surface area contributed by atoms with Gasteiger partial charge in [0.25, 0.3) is 0 Å². The van der Waals surface area contributed by atoms with Crippen LogP contribution in [0.5, 0.6) is 0 Å². The van der Waals surface area contributed by atoms with Gasteiger partial charge in [-0.15, -0.1) is 0 Å². The van der Waals surface area contributed by atoms with Gasteiger partial charge in [0, 0.05) is 24.7 Å². The first-order chi connectivity index (χ1) is 8.99. The molecule has 0 bridgehead atoms. The summed E-state index contributed by atoms with van der Waals surface area (Å²) in [5, 5.41) is 9.00. The van der Waals surface area contributed by atoms with Crippen LogP contribution in [-0.4, -0.2) is 30.1 Å². The summed E-state index contributed by atoms with van der Waals surface area (Å²) in [6, 6.07) is 5.34. The van der Waals surface area contributed by atoms with Crippen molar-refractivity contribution in [3.63, 3.8) is 0 Å². The van der Waals surface area contributed by atoms with Gasteiger partial charge in [-0.25, -0.2) is 4.79 Å². The van der Waals surface area contributed by atoms with Gasteiger partial charge < -0.3 is 15.7 Å². The number of carboxylic acids is 1. The monoisotopic (exact) mass is 262 g/mol. The largest absolute Gasteiger partial charge is 0.478 e. The molecule has 1 aliphatic heterocycles. The van der Waals surface area contributed by atoms with Crippen LogP contribution in [0.3, 0.4) is 0 Å². The molecular formula is C14H18N2O3. The number of hydrogen-bond acceptors (Lipinski definition) is 3. The number of carbonyl (C=O) groups excluding carboxylic acids is 1. The Morgan fingerprint density at radius 2 is 1.95 bits per heavy atom. The lowest BCUT2D eigenvalue weighted by molar-refractivity contribution is -0.122. The first-order valence-electron chi connectivity index (χ1n) is 6.37. The number of rotatable bonds is 3.